The maximum atomic E-state index is 12.2. The summed E-state index contributed by atoms with van der Waals surface area (Å²) < 4.78 is 123. The van der Waals surface area contributed by atoms with Crippen molar-refractivity contribution < 1.29 is 47.6 Å². The molecule has 0 saturated carbocycles. The van der Waals surface area contributed by atoms with Gasteiger partial charge < -0.3 is 0 Å². The second-order valence-electron chi connectivity index (χ2n) is 2.40. The molecule has 0 bridgehead atoms. The summed E-state index contributed by atoms with van der Waals surface area (Å²) in [4.78, 5) is 0. The molecular formula is C3H2F7NO4S2. The van der Waals surface area contributed by atoms with Gasteiger partial charge in [0.15, 0.2) is 0 Å². The first kappa shape index (κ1) is 16.4. The Kier molecular flexibility index (Phi) is 4.08. The summed E-state index contributed by atoms with van der Waals surface area (Å²) >= 11 is 0. The van der Waals surface area contributed by atoms with E-state index in [-0.39, 0.29) is 0 Å². The predicted octanol–water partition coefficient (Wildman–Crippen LogP) is 0.613. The van der Waals surface area contributed by atoms with Crippen LogP contribution in [0.1, 0.15) is 0 Å². The van der Waals surface area contributed by atoms with Gasteiger partial charge in [0.1, 0.15) is 0 Å². The molecule has 0 rings (SSSR count). The molecule has 0 aliphatic carbocycles. The molecule has 0 fully saturated rings. The van der Waals surface area contributed by atoms with E-state index in [2.05, 4.69) is 0 Å². The predicted molar refractivity (Wildman–Crippen MR) is 38.0 cm³/mol. The molecule has 0 aliphatic heterocycles. The molecule has 0 aliphatic rings. The van der Waals surface area contributed by atoms with Crippen molar-refractivity contribution in [2.24, 2.45) is 0 Å². The van der Waals surface area contributed by atoms with E-state index in [1.807, 2.05) is 0 Å². The van der Waals surface area contributed by atoms with E-state index < -0.39 is 41.4 Å². The Hall–Kier alpha value is -0.630. The van der Waals surface area contributed by atoms with E-state index in [0.29, 0.717) is 0 Å². The van der Waals surface area contributed by atoms with Crippen LogP contribution in [0.4, 0.5) is 30.7 Å². The zero-order chi connectivity index (χ0) is 14.3. The van der Waals surface area contributed by atoms with Gasteiger partial charge in [-0.25, -0.2) is 25.6 Å². The van der Waals surface area contributed by atoms with Crippen LogP contribution < -0.4 is 4.13 Å². The van der Waals surface area contributed by atoms with Gasteiger partial charge in [0.25, 0.3) is 10.0 Å². The summed E-state index contributed by atoms with van der Waals surface area (Å²) in [6.07, 6.45) is -4.90. The molecule has 104 valence electrons. The molecule has 0 aromatic heterocycles. The molecule has 0 aromatic rings. The fourth-order valence-corrected chi connectivity index (χ4v) is 2.58. The van der Waals surface area contributed by atoms with E-state index in [9.17, 15) is 47.6 Å². The topological polar surface area (TPSA) is 80.3 Å². The Labute approximate surface area is 89.7 Å². The van der Waals surface area contributed by atoms with Gasteiger partial charge in [0.2, 0.25) is 0 Å². The lowest BCUT2D eigenvalue weighted by molar-refractivity contribution is -0.0645. The monoisotopic (exact) mass is 313 g/mol. The van der Waals surface area contributed by atoms with Gasteiger partial charge in [-0.2, -0.15) is 22.0 Å². The molecule has 0 atom stereocenters. The largest absolute Gasteiger partial charge is 0.512 e. The number of rotatable bonds is 4. The minimum Gasteiger partial charge on any atom is -0.205 e. The van der Waals surface area contributed by atoms with Crippen LogP contribution in [0, 0.1) is 0 Å². The van der Waals surface area contributed by atoms with Gasteiger partial charge in [-0.05, 0) is 0 Å². The van der Waals surface area contributed by atoms with Crippen LogP contribution in [0.2, 0.25) is 0 Å². The maximum absolute atomic E-state index is 12.2. The SMILES string of the molecule is O=S(=O)(NS(=O)(=O)C(F)(F)C(F)F)C(F)(F)F. The van der Waals surface area contributed by atoms with Crippen LogP contribution >= 0.6 is 0 Å². The van der Waals surface area contributed by atoms with Crippen molar-refractivity contribution in [2.75, 3.05) is 0 Å². The Morgan fingerprint density at radius 2 is 1.18 bits per heavy atom. The van der Waals surface area contributed by atoms with E-state index in [4.69, 9.17) is 0 Å². The molecule has 5 nitrogen and oxygen atoms in total. The van der Waals surface area contributed by atoms with Crippen molar-refractivity contribution in [3.8, 4) is 0 Å². The van der Waals surface area contributed by atoms with Crippen LogP contribution in [-0.2, 0) is 20.0 Å². The summed E-state index contributed by atoms with van der Waals surface area (Å²) in [5, 5.41) is -5.98. The minimum absolute atomic E-state index is 0.516. The second-order valence-corrected chi connectivity index (χ2v) is 6.09. The highest BCUT2D eigenvalue weighted by Crippen LogP contribution is 2.31. The Bertz CT molecular complexity index is 476. The fraction of sp³-hybridized carbons (Fsp3) is 1.00. The van der Waals surface area contributed by atoms with Crippen molar-refractivity contribution in [3.05, 3.63) is 0 Å². The first-order valence-corrected chi connectivity index (χ1v) is 6.12. The van der Waals surface area contributed by atoms with Crippen molar-refractivity contribution in [2.45, 2.75) is 17.2 Å². The molecule has 0 radical (unpaired) electrons. The van der Waals surface area contributed by atoms with Gasteiger partial charge in [-0.15, -0.1) is 0 Å². The van der Waals surface area contributed by atoms with Gasteiger partial charge in [0.05, 0.1) is 0 Å². The normalized spacial score (nSPS) is 15.3. The molecule has 1 N–H and O–H groups in total. The van der Waals surface area contributed by atoms with Crippen molar-refractivity contribution >= 4 is 20.0 Å². The number of alkyl halides is 7. The first-order chi connectivity index (χ1) is 7.15. The standard InChI is InChI=1S/C3H2F7NO4S2/c4-1(5)2(6,7)16(12,13)11-17(14,15)3(8,9)10/h1,11H. The molecule has 0 saturated heterocycles. The molecule has 0 unspecified atom stereocenters. The van der Waals surface area contributed by atoms with E-state index >= 15 is 0 Å². The Morgan fingerprint density at radius 3 is 1.41 bits per heavy atom. The molecule has 0 amide bonds. The molecule has 17 heavy (non-hydrogen) atoms. The molecular weight excluding hydrogens is 311 g/mol. The zero-order valence-corrected chi connectivity index (χ0v) is 8.81. The van der Waals surface area contributed by atoms with E-state index in [1.165, 1.54) is 0 Å². The average molecular weight is 313 g/mol. The van der Waals surface area contributed by atoms with Crippen LogP contribution in [0.5, 0.6) is 0 Å². The van der Waals surface area contributed by atoms with Gasteiger partial charge in [-0.1, -0.05) is 4.13 Å². The van der Waals surface area contributed by atoms with Gasteiger partial charge >= 0.3 is 27.2 Å². The molecule has 14 heteroatoms. The highest BCUT2D eigenvalue weighted by atomic mass is 32.3. The summed E-state index contributed by atoms with van der Waals surface area (Å²) in [6.45, 7) is 0. The van der Waals surface area contributed by atoms with Gasteiger partial charge in [0, 0.05) is 0 Å². The molecule has 0 heterocycles. The second kappa shape index (κ2) is 4.24. The molecule has 0 aromatic carbocycles. The lowest BCUT2D eigenvalue weighted by Gasteiger charge is -2.17. The number of sulfonamides is 2. The minimum atomic E-state index is -6.74. The third kappa shape index (κ3) is 3.19. The number of hydrogen-bond donors (Lipinski definition) is 1. The number of hydrogen-bond acceptors (Lipinski definition) is 4. The van der Waals surface area contributed by atoms with Crippen molar-refractivity contribution in [3.63, 3.8) is 0 Å². The van der Waals surface area contributed by atoms with Crippen LogP contribution in [-0.4, -0.2) is 34.0 Å². The average Bonchev–Trinajstić information content (AvgIpc) is 1.98. The lowest BCUT2D eigenvalue weighted by Crippen LogP contribution is -2.50. The third-order valence-corrected chi connectivity index (χ3v) is 4.40. The van der Waals surface area contributed by atoms with E-state index in [0.717, 1.165) is 0 Å². The van der Waals surface area contributed by atoms with Gasteiger partial charge in [-0.3, -0.25) is 0 Å². The lowest BCUT2D eigenvalue weighted by atomic mass is 10.7. The van der Waals surface area contributed by atoms with E-state index in [1.54, 1.807) is 0 Å². The van der Waals surface area contributed by atoms with Crippen LogP contribution in [0.25, 0.3) is 0 Å². The first-order valence-electron chi connectivity index (χ1n) is 3.15. The smallest absolute Gasteiger partial charge is 0.205 e. The van der Waals surface area contributed by atoms with Crippen LogP contribution in [0.15, 0.2) is 0 Å². The zero-order valence-electron chi connectivity index (χ0n) is 7.17. The number of nitrogens with one attached hydrogen (secondary N) is 1. The third-order valence-electron chi connectivity index (χ3n) is 1.14. The molecule has 0 spiro atoms. The van der Waals surface area contributed by atoms with Crippen molar-refractivity contribution in [1.29, 1.82) is 0 Å². The van der Waals surface area contributed by atoms with Crippen LogP contribution in [0.3, 0.4) is 0 Å². The highest BCUT2D eigenvalue weighted by Gasteiger charge is 2.59. The maximum Gasteiger partial charge on any atom is 0.512 e. The summed E-state index contributed by atoms with van der Waals surface area (Å²) in [5.41, 5.74) is -6.24. The highest BCUT2D eigenvalue weighted by molar-refractivity contribution is 8.05. The number of halogens is 7. The summed E-state index contributed by atoms with van der Waals surface area (Å²) in [6, 6.07) is 0. The Morgan fingerprint density at radius 1 is 0.824 bits per heavy atom. The Balaban J connectivity index is 5.47. The van der Waals surface area contributed by atoms with Crippen molar-refractivity contribution in [1.82, 2.24) is 4.13 Å². The summed E-state index contributed by atoms with van der Waals surface area (Å²) in [5.74, 6) is 0. The quantitative estimate of drug-likeness (QED) is 0.771. The summed E-state index contributed by atoms with van der Waals surface area (Å²) in [7, 11) is -13.5. The fourth-order valence-electron chi connectivity index (χ4n) is 0.365.